The van der Waals surface area contributed by atoms with Crippen LogP contribution in [-0.4, -0.2) is 99.0 Å². The Balaban J connectivity index is 0.834. The summed E-state index contributed by atoms with van der Waals surface area (Å²) in [6.45, 7) is 4.66. The molecule has 1 unspecified atom stereocenters. The summed E-state index contributed by atoms with van der Waals surface area (Å²) in [5.41, 5.74) is 4.35. The second kappa shape index (κ2) is 17.7. The van der Waals surface area contributed by atoms with Gasteiger partial charge in [-0.05, 0) is 54.8 Å². The maximum atomic E-state index is 13.6. The smallest absolute Gasteiger partial charge is 0.291 e. The predicted octanol–water partition coefficient (Wildman–Crippen LogP) is 5.26. The molecule has 2 atom stereocenters. The molecule has 4 amide bonds. The number of nitrogens with one attached hydrogen (secondary N) is 3. The van der Waals surface area contributed by atoms with Gasteiger partial charge in [0.1, 0.15) is 11.4 Å². The fraction of sp³-hybridized carbons (Fsp3) is 0.250. The number of ether oxygens (including phenoxy) is 2. The van der Waals surface area contributed by atoms with E-state index in [2.05, 4.69) is 32.5 Å². The van der Waals surface area contributed by atoms with Crippen LogP contribution in [0.15, 0.2) is 90.5 Å². The molecule has 4 N–H and O–H groups in total. The first-order valence-electron chi connectivity index (χ1n) is 20.0. The van der Waals surface area contributed by atoms with Gasteiger partial charge in [0.25, 0.3) is 23.6 Å². The number of rotatable bonds is 14. The number of carbonyl (C=O) groups is 5. The van der Waals surface area contributed by atoms with E-state index < -0.39 is 22.9 Å². The number of aliphatic imine (C=N–C) groups is 1. The van der Waals surface area contributed by atoms with E-state index >= 15 is 0 Å². The molecule has 6 aromatic rings. The van der Waals surface area contributed by atoms with Crippen LogP contribution in [0.4, 0.5) is 22.9 Å². The zero-order valence-electron chi connectivity index (χ0n) is 35.3. The molecule has 0 radical (unpaired) electrons. The Labute approximate surface area is 368 Å². The number of hydrogen-bond donors (Lipinski definition) is 4. The summed E-state index contributed by atoms with van der Waals surface area (Å²) >= 11 is -1.99. The van der Waals surface area contributed by atoms with Crippen molar-refractivity contribution in [1.29, 1.82) is 0 Å². The van der Waals surface area contributed by atoms with Crippen LogP contribution in [0.5, 0.6) is 11.5 Å². The Bertz CT molecular complexity index is 2960. The van der Waals surface area contributed by atoms with Gasteiger partial charge in [-0.1, -0.05) is 18.2 Å². The van der Waals surface area contributed by atoms with Gasteiger partial charge in [0.2, 0.25) is 11.7 Å². The first-order chi connectivity index (χ1) is 30.6. The Morgan fingerprint density at radius 2 is 1.64 bits per heavy atom. The molecule has 64 heavy (non-hydrogen) atoms. The number of amides is 4. The molecule has 0 saturated carbocycles. The van der Waals surface area contributed by atoms with Crippen molar-refractivity contribution in [2.24, 2.45) is 26.1 Å². The quantitative estimate of drug-likeness (QED) is 0.0631. The fourth-order valence-electron chi connectivity index (χ4n) is 7.77. The maximum Gasteiger partial charge on any atom is 0.291 e. The number of anilines is 3. The third-order valence-electron chi connectivity index (χ3n) is 10.8. The van der Waals surface area contributed by atoms with Gasteiger partial charge >= 0.3 is 0 Å². The van der Waals surface area contributed by atoms with E-state index in [-0.39, 0.29) is 59.9 Å². The van der Waals surface area contributed by atoms with Gasteiger partial charge in [-0.2, -0.15) is 0 Å². The molecule has 0 spiro atoms. The van der Waals surface area contributed by atoms with Crippen LogP contribution in [0.3, 0.4) is 0 Å². The van der Waals surface area contributed by atoms with E-state index in [1.54, 1.807) is 102 Å². The van der Waals surface area contributed by atoms with Crippen molar-refractivity contribution in [2.75, 3.05) is 36.2 Å². The molecule has 20 heteroatoms. The summed E-state index contributed by atoms with van der Waals surface area (Å²) in [5, 5.41) is 9.00. The van der Waals surface area contributed by atoms with Gasteiger partial charge in [0.05, 0.1) is 53.7 Å². The number of hydrogen-bond acceptors (Lipinski definition) is 10. The Kier molecular flexibility index (Phi) is 11.9. The lowest BCUT2D eigenvalue weighted by molar-refractivity contribution is -0.116. The topological polar surface area (TPSA) is 225 Å². The van der Waals surface area contributed by atoms with Crippen LogP contribution < -0.4 is 25.4 Å². The summed E-state index contributed by atoms with van der Waals surface area (Å²) < 4.78 is 38.0. The lowest BCUT2D eigenvalue weighted by Gasteiger charge is -2.20. The fourth-order valence-corrected chi connectivity index (χ4v) is 8.24. The monoisotopic (exact) mass is 888 g/mol. The minimum absolute atomic E-state index is 0.00859. The van der Waals surface area contributed by atoms with Gasteiger partial charge in [-0.15, -0.1) is 0 Å². The minimum Gasteiger partial charge on any atom is -0.493 e. The molecule has 1 saturated heterocycles. The number of methoxy groups -OCH3 is 1. The van der Waals surface area contributed by atoms with Gasteiger partial charge in [-0.25, -0.2) is 9.19 Å². The first kappa shape index (κ1) is 43.1. The van der Waals surface area contributed by atoms with Crippen molar-refractivity contribution in [3.8, 4) is 11.5 Å². The summed E-state index contributed by atoms with van der Waals surface area (Å²) in [6, 6.07) is 13.1. The van der Waals surface area contributed by atoms with Gasteiger partial charge in [0, 0.05) is 76.6 Å². The zero-order valence-corrected chi connectivity index (χ0v) is 36.1. The molecule has 330 valence electrons. The number of aryl methyl sites for hydroxylation is 3. The minimum atomic E-state index is -1.99. The van der Waals surface area contributed by atoms with Crippen molar-refractivity contribution in [3.63, 3.8) is 0 Å². The third-order valence-corrected chi connectivity index (χ3v) is 11.4. The largest absolute Gasteiger partial charge is 0.493 e. The molecule has 8 rings (SSSR count). The second-order valence-corrected chi connectivity index (χ2v) is 16.5. The number of carbonyl (C=O) groups excluding carboxylic acids is 5. The second-order valence-electron chi connectivity index (χ2n) is 15.5. The van der Waals surface area contributed by atoms with Crippen molar-refractivity contribution >= 4 is 80.6 Å². The van der Waals surface area contributed by atoms with Crippen LogP contribution in [0.1, 0.15) is 66.8 Å². The van der Waals surface area contributed by atoms with Crippen molar-refractivity contribution in [1.82, 2.24) is 28.2 Å². The number of imidazole rings is 1. The molecule has 4 aromatic heterocycles. The van der Waals surface area contributed by atoms with E-state index in [0.717, 1.165) is 11.0 Å². The van der Waals surface area contributed by atoms with Crippen LogP contribution in [0, 0.1) is 0 Å². The van der Waals surface area contributed by atoms with E-state index in [1.807, 2.05) is 0 Å². The average molecular weight is 889 g/mol. The Morgan fingerprint density at radius 3 is 2.39 bits per heavy atom. The summed E-state index contributed by atoms with van der Waals surface area (Å²) in [4.78, 5) is 77.0. The van der Waals surface area contributed by atoms with Gasteiger partial charge in [-0.3, -0.25) is 33.5 Å². The van der Waals surface area contributed by atoms with E-state index in [9.17, 15) is 32.7 Å². The Morgan fingerprint density at radius 1 is 0.906 bits per heavy atom. The number of nitrogens with zero attached hydrogens (tertiary/aromatic N) is 7. The van der Waals surface area contributed by atoms with Crippen molar-refractivity contribution in [3.05, 3.63) is 114 Å². The molecular weight excluding hydrogens is 845 g/mol. The molecular formula is C44H44N10O9S. The van der Waals surface area contributed by atoms with E-state index in [4.69, 9.17) is 9.47 Å². The van der Waals surface area contributed by atoms with Gasteiger partial charge in [0.15, 0.2) is 28.4 Å². The molecule has 2 aliphatic rings. The summed E-state index contributed by atoms with van der Waals surface area (Å²) in [6.07, 6.45) is 9.15. The molecule has 0 bridgehead atoms. The lowest BCUT2D eigenvalue weighted by atomic mass is 10.1. The molecule has 0 aliphatic carbocycles. The van der Waals surface area contributed by atoms with Crippen molar-refractivity contribution in [2.45, 2.75) is 31.1 Å². The summed E-state index contributed by atoms with van der Waals surface area (Å²) in [5.74, 6) is -0.990. The highest BCUT2D eigenvalue weighted by Crippen LogP contribution is 2.38. The normalized spacial score (nSPS) is 14.8. The lowest BCUT2D eigenvalue weighted by Crippen LogP contribution is -2.35. The van der Waals surface area contributed by atoms with Crippen LogP contribution in [0.25, 0.3) is 10.9 Å². The SMILES string of the molecule is C=C1C[C@H]2C=Nc3cc(OCCCC(=O)Nc4cn(C)c(C(=O)Nc5cc(C(=O)Nc6cc(C(=O)n7ccc8cc(CS(=O)O)ccc87)n(C)c6)n(C)c5)n4)c(OC)cc3C(=O)N2C1. The highest BCUT2D eigenvalue weighted by molar-refractivity contribution is 7.78. The average Bonchev–Trinajstić information content (AvgIpc) is 4.08. The predicted molar refractivity (Wildman–Crippen MR) is 239 cm³/mol. The van der Waals surface area contributed by atoms with E-state index in [0.29, 0.717) is 70.3 Å². The molecule has 19 nitrogen and oxygen atoms in total. The van der Waals surface area contributed by atoms with E-state index in [1.165, 1.54) is 28.5 Å². The highest BCUT2D eigenvalue weighted by atomic mass is 32.2. The standard InChI is InChI=1S/C44H44N10O9S/c1-25-13-30-19-45-32-18-37(36(62-5)17-31(32)43(58)54(30)20-25)63-12-6-7-39(55)48-38-23-52(4)40(49-38)42(57)47-28-15-34(50(2)21-28)41(56)46-29-16-35(51(3)22-29)44(59)53-11-10-27-14-26(24-64(60)61)8-9-33(27)53/h8-11,14-19,21-23,30H,1,6-7,12-13,20,24H2,2-5H3,(H,46,56)(H,47,57)(H,48,55)(H,60,61)/t30-/m0/s1. The highest BCUT2D eigenvalue weighted by Gasteiger charge is 2.34. The number of fused-ring (bicyclic) bond motifs is 3. The van der Waals surface area contributed by atoms with Crippen LogP contribution >= 0.6 is 0 Å². The van der Waals surface area contributed by atoms with Crippen LogP contribution in [0.2, 0.25) is 0 Å². The molecule has 2 aliphatic heterocycles. The zero-order chi connectivity index (χ0) is 45.4. The third kappa shape index (κ3) is 8.86. The first-order valence-corrected chi connectivity index (χ1v) is 21.3. The summed E-state index contributed by atoms with van der Waals surface area (Å²) in [7, 11) is 6.42. The van der Waals surface area contributed by atoms with Crippen LogP contribution in [-0.2, 0) is 42.8 Å². The van der Waals surface area contributed by atoms with Crippen molar-refractivity contribution < 1.29 is 42.2 Å². The molecule has 6 heterocycles. The van der Waals surface area contributed by atoms with Gasteiger partial charge < -0.3 is 48.6 Å². The number of aromatic nitrogens is 5. The maximum absolute atomic E-state index is 13.6. The molecule has 1 fully saturated rings. The Hall–Kier alpha value is -7.58. The number of benzene rings is 2. The molecule has 2 aromatic carbocycles.